The molecule has 12 heavy (non-hydrogen) atoms. The van der Waals surface area contributed by atoms with Gasteiger partial charge in [-0.25, -0.2) is 0 Å². The number of hydrogen-bond donors (Lipinski definition) is 1. The summed E-state index contributed by atoms with van der Waals surface area (Å²) in [7, 11) is 0. The first-order valence-electron chi connectivity index (χ1n) is 3.46. The Morgan fingerprint density at radius 2 is 2.25 bits per heavy atom. The Morgan fingerprint density at radius 3 is 2.92 bits per heavy atom. The number of carbonyl (C=O) groups is 1. The van der Waals surface area contributed by atoms with Crippen LogP contribution in [-0.2, 0) is 4.79 Å². The number of thioether (sulfide) groups is 1. The molecule has 1 aliphatic rings. The summed E-state index contributed by atoms with van der Waals surface area (Å²) in [4.78, 5) is 12.2. The Kier molecular flexibility index (Phi) is 1.98. The van der Waals surface area contributed by atoms with Gasteiger partial charge in [0.2, 0.25) is 5.12 Å². The van der Waals surface area contributed by atoms with Crippen LogP contribution in [0, 0.1) is 0 Å². The van der Waals surface area contributed by atoms with Crippen molar-refractivity contribution in [3.05, 3.63) is 28.2 Å². The van der Waals surface area contributed by atoms with Gasteiger partial charge in [0, 0.05) is 9.37 Å². The van der Waals surface area contributed by atoms with Crippen molar-refractivity contribution in [1.82, 2.24) is 0 Å². The van der Waals surface area contributed by atoms with Crippen LogP contribution >= 0.6 is 27.7 Å². The summed E-state index contributed by atoms with van der Waals surface area (Å²) >= 11 is 4.59. The van der Waals surface area contributed by atoms with Crippen molar-refractivity contribution < 1.29 is 4.79 Å². The van der Waals surface area contributed by atoms with Crippen LogP contribution in [-0.4, -0.2) is 5.12 Å². The maximum atomic E-state index is 11.2. The van der Waals surface area contributed by atoms with E-state index in [1.54, 1.807) is 0 Å². The first-order chi connectivity index (χ1) is 5.70. The van der Waals surface area contributed by atoms with Crippen LogP contribution in [0.4, 0.5) is 0 Å². The van der Waals surface area contributed by atoms with Crippen molar-refractivity contribution in [2.24, 2.45) is 5.73 Å². The van der Waals surface area contributed by atoms with Gasteiger partial charge in [0.1, 0.15) is 6.04 Å². The molecule has 1 unspecified atom stereocenters. The highest BCUT2D eigenvalue weighted by molar-refractivity contribution is 9.10. The molecule has 1 aromatic carbocycles. The zero-order valence-corrected chi connectivity index (χ0v) is 8.48. The van der Waals surface area contributed by atoms with E-state index in [9.17, 15) is 4.79 Å². The molecule has 62 valence electrons. The van der Waals surface area contributed by atoms with E-state index in [1.165, 1.54) is 11.8 Å². The maximum Gasteiger partial charge on any atom is 0.214 e. The predicted molar refractivity (Wildman–Crippen MR) is 51.9 cm³/mol. The number of rotatable bonds is 0. The molecule has 0 aromatic heterocycles. The lowest BCUT2D eigenvalue weighted by Gasteiger charge is -2.01. The average Bonchev–Trinajstić information content (AvgIpc) is 2.32. The number of hydrogen-bond acceptors (Lipinski definition) is 3. The Hall–Kier alpha value is -0.320. The van der Waals surface area contributed by atoms with Gasteiger partial charge >= 0.3 is 0 Å². The summed E-state index contributed by atoms with van der Waals surface area (Å²) in [5.41, 5.74) is 6.60. The van der Waals surface area contributed by atoms with Gasteiger partial charge in [0.15, 0.2) is 0 Å². The molecule has 0 bridgehead atoms. The van der Waals surface area contributed by atoms with E-state index in [0.717, 1.165) is 14.9 Å². The molecule has 1 aliphatic heterocycles. The average molecular weight is 244 g/mol. The summed E-state index contributed by atoms with van der Waals surface area (Å²) in [6.07, 6.45) is 0. The van der Waals surface area contributed by atoms with Crippen molar-refractivity contribution in [3.8, 4) is 0 Å². The second-order valence-corrected chi connectivity index (χ2v) is 4.43. The van der Waals surface area contributed by atoms with Crippen molar-refractivity contribution in [1.29, 1.82) is 0 Å². The molecule has 0 radical (unpaired) electrons. The Bertz CT molecular complexity index is 353. The van der Waals surface area contributed by atoms with E-state index < -0.39 is 6.04 Å². The second kappa shape index (κ2) is 2.87. The van der Waals surface area contributed by atoms with E-state index in [4.69, 9.17) is 5.73 Å². The number of fused-ring (bicyclic) bond motifs is 1. The molecule has 0 saturated heterocycles. The maximum absolute atomic E-state index is 11.2. The molecule has 0 amide bonds. The summed E-state index contributed by atoms with van der Waals surface area (Å²) in [5, 5.41) is 0.0249. The molecule has 1 aromatic rings. The van der Waals surface area contributed by atoms with Crippen LogP contribution in [0.25, 0.3) is 0 Å². The molecular formula is C8H6BrNOS. The Balaban J connectivity index is 2.60. The van der Waals surface area contributed by atoms with E-state index in [2.05, 4.69) is 15.9 Å². The molecule has 2 rings (SSSR count). The molecule has 0 fully saturated rings. The van der Waals surface area contributed by atoms with Crippen LogP contribution in [0.2, 0.25) is 0 Å². The smallest absolute Gasteiger partial charge is 0.214 e. The van der Waals surface area contributed by atoms with Gasteiger partial charge < -0.3 is 5.73 Å². The monoisotopic (exact) mass is 243 g/mol. The highest BCUT2D eigenvalue weighted by atomic mass is 79.9. The fourth-order valence-electron chi connectivity index (χ4n) is 1.17. The summed E-state index contributed by atoms with van der Waals surface area (Å²) < 4.78 is 0.950. The largest absolute Gasteiger partial charge is 0.317 e. The lowest BCUT2D eigenvalue weighted by molar-refractivity contribution is -0.111. The van der Waals surface area contributed by atoms with Gasteiger partial charge in [-0.1, -0.05) is 12.1 Å². The highest BCUT2D eigenvalue weighted by Crippen LogP contribution is 2.42. The predicted octanol–water partition coefficient (Wildman–Crippen LogP) is 2.08. The molecule has 1 atom stereocenters. The van der Waals surface area contributed by atoms with Crippen LogP contribution in [0.5, 0.6) is 0 Å². The van der Waals surface area contributed by atoms with E-state index in [1.807, 2.05) is 18.2 Å². The lowest BCUT2D eigenvalue weighted by Crippen LogP contribution is -2.13. The van der Waals surface area contributed by atoms with Crippen molar-refractivity contribution in [2.75, 3.05) is 0 Å². The molecular weight excluding hydrogens is 238 g/mol. The van der Waals surface area contributed by atoms with Crippen molar-refractivity contribution >= 4 is 32.8 Å². The van der Waals surface area contributed by atoms with Crippen LogP contribution in [0.15, 0.2) is 27.6 Å². The highest BCUT2D eigenvalue weighted by Gasteiger charge is 2.29. The number of carbonyl (C=O) groups excluding carboxylic acids is 1. The van der Waals surface area contributed by atoms with Gasteiger partial charge in [0.05, 0.1) is 0 Å². The third-order valence-electron chi connectivity index (χ3n) is 1.79. The molecule has 0 spiro atoms. The van der Waals surface area contributed by atoms with Gasteiger partial charge in [-0.05, 0) is 39.3 Å². The van der Waals surface area contributed by atoms with Gasteiger partial charge in [-0.15, -0.1) is 0 Å². The minimum absolute atomic E-state index is 0.0249. The van der Waals surface area contributed by atoms with Crippen LogP contribution in [0.1, 0.15) is 11.6 Å². The fourth-order valence-corrected chi connectivity index (χ4v) is 2.73. The van der Waals surface area contributed by atoms with Gasteiger partial charge in [-0.3, -0.25) is 4.79 Å². The summed E-state index contributed by atoms with van der Waals surface area (Å²) in [6, 6.07) is 5.25. The van der Waals surface area contributed by atoms with Crippen molar-refractivity contribution in [3.63, 3.8) is 0 Å². The van der Waals surface area contributed by atoms with Crippen LogP contribution in [0.3, 0.4) is 0 Å². The third kappa shape index (κ3) is 1.11. The molecule has 4 heteroatoms. The minimum atomic E-state index is -0.442. The van der Waals surface area contributed by atoms with E-state index in [-0.39, 0.29) is 5.12 Å². The first kappa shape index (κ1) is 8.29. The molecule has 1 heterocycles. The van der Waals surface area contributed by atoms with Crippen LogP contribution < -0.4 is 5.73 Å². The van der Waals surface area contributed by atoms with Gasteiger partial charge in [-0.2, -0.15) is 0 Å². The number of halogens is 1. The van der Waals surface area contributed by atoms with Gasteiger partial charge in [0.25, 0.3) is 0 Å². The number of nitrogens with two attached hydrogens (primary N) is 1. The van der Waals surface area contributed by atoms with Crippen molar-refractivity contribution in [2.45, 2.75) is 10.9 Å². The zero-order chi connectivity index (χ0) is 8.72. The topological polar surface area (TPSA) is 43.1 Å². The Morgan fingerprint density at radius 1 is 1.50 bits per heavy atom. The fraction of sp³-hybridized carbons (Fsp3) is 0.125. The molecule has 2 nitrogen and oxygen atoms in total. The molecule has 0 aliphatic carbocycles. The minimum Gasteiger partial charge on any atom is -0.317 e. The SMILES string of the molecule is NC1C(=O)Sc2c(Br)cccc21. The van der Waals surface area contributed by atoms with E-state index >= 15 is 0 Å². The summed E-state index contributed by atoms with van der Waals surface area (Å²) in [5.74, 6) is 0. The lowest BCUT2D eigenvalue weighted by atomic mass is 10.1. The first-order valence-corrected chi connectivity index (χ1v) is 5.07. The third-order valence-corrected chi connectivity index (χ3v) is 3.83. The quantitative estimate of drug-likeness (QED) is 0.759. The zero-order valence-electron chi connectivity index (χ0n) is 6.08. The summed E-state index contributed by atoms with van der Waals surface area (Å²) in [6.45, 7) is 0. The molecule has 2 N–H and O–H groups in total. The number of benzene rings is 1. The molecule has 0 saturated carbocycles. The standard InChI is InChI=1S/C8H6BrNOS/c9-5-3-1-2-4-6(10)8(11)12-7(4)5/h1-3,6H,10H2. The second-order valence-electron chi connectivity index (χ2n) is 2.56. The normalized spacial score (nSPS) is 21.2. The van der Waals surface area contributed by atoms with E-state index in [0.29, 0.717) is 0 Å². The Labute approximate surface area is 82.6 Å².